The minimum atomic E-state index is -0.802. The molecule has 0 aliphatic heterocycles. The lowest BCUT2D eigenvalue weighted by atomic mass is 10.1. The Labute approximate surface area is 128 Å². The van der Waals surface area contributed by atoms with Gasteiger partial charge in [-0.15, -0.1) is 0 Å². The van der Waals surface area contributed by atoms with Crippen molar-refractivity contribution < 1.29 is 9.90 Å². The van der Waals surface area contributed by atoms with Crippen LogP contribution in [-0.2, 0) is 0 Å². The SMILES string of the molecule is NC(=O)c1c(O)cc(-c2ccc(Cl)c(Cl)c2)c2ncnn12. The fraction of sp³-hybridized carbons (Fsp3) is 0. The van der Waals surface area contributed by atoms with Crippen molar-refractivity contribution in [3.63, 3.8) is 0 Å². The molecule has 106 valence electrons. The van der Waals surface area contributed by atoms with Crippen LogP contribution in [-0.4, -0.2) is 25.6 Å². The third-order valence-corrected chi connectivity index (χ3v) is 3.73. The molecule has 0 bridgehead atoms. The van der Waals surface area contributed by atoms with E-state index in [2.05, 4.69) is 10.1 Å². The number of aromatic hydroxyl groups is 1. The molecule has 1 aromatic carbocycles. The summed E-state index contributed by atoms with van der Waals surface area (Å²) in [4.78, 5) is 15.5. The summed E-state index contributed by atoms with van der Waals surface area (Å²) in [6.07, 6.45) is 1.27. The Bertz CT molecular complexity index is 876. The molecular weight excluding hydrogens is 315 g/mol. The quantitative estimate of drug-likeness (QED) is 0.758. The average Bonchev–Trinajstić information content (AvgIpc) is 2.89. The number of nitrogens with two attached hydrogens (primary N) is 1. The van der Waals surface area contributed by atoms with Crippen LogP contribution in [0, 0.1) is 0 Å². The van der Waals surface area contributed by atoms with Crippen LogP contribution in [0.4, 0.5) is 0 Å². The van der Waals surface area contributed by atoms with Gasteiger partial charge in [0, 0.05) is 5.56 Å². The first kappa shape index (κ1) is 13.7. The molecule has 3 aromatic rings. The number of carbonyl (C=O) groups is 1. The standard InChI is InChI=1S/C13H8Cl2N4O2/c14-8-2-1-6(3-9(8)15)7-4-10(20)11(12(16)21)19-13(7)17-5-18-19/h1-5,20H,(H2,16,21). The van der Waals surface area contributed by atoms with Crippen LogP contribution in [0.15, 0.2) is 30.6 Å². The molecule has 0 aliphatic rings. The molecule has 8 heteroatoms. The second-order valence-electron chi connectivity index (χ2n) is 4.28. The van der Waals surface area contributed by atoms with Crippen LogP contribution < -0.4 is 5.73 Å². The Morgan fingerprint density at radius 3 is 2.67 bits per heavy atom. The maximum absolute atomic E-state index is 11.4. The largest absolute Gasteiger partial charge is 0.505 e. The van der Waals surface area contributed by atoms with Crippen LogP contribution in [0.1, 0.15) is 10.5 Å². The Hall–Kier alpha value is -2.31. The van der Waals surface area contributed by atoms with Gasteiger partial charge in [-0.3, -0.25) is 4.79 Å². The first-order valence-corrected chi connectivity index (χ1v) is 6.55. The molecular formula is C13H8Cl2N4O2. The number of nitrogens with zero attached hydrogens (tertiary/aromatic N) is 3. The van der Waals surface area contributed by atoms with Crippen molar-refractivity contribution in [2.45, 2.75) is 0 Å². The highest BCUT2D eigenvalue weighted by atomic mass is 35.5. The zero-order chi connectivity index (χ0) is 15.1. The number of aromatic nitrogens is 3. The molecule has 0 atom stereocenters. The van der Waals surface area contributed by atoms with Crippen LogP contribution in [0.3, 0.4) is 0 Å². The molecule has 0 fully saturated rings. The van der Waals surface area contributed by atoms with Crippen molar-refractivity contribution in [2.24, 2.45) is 5.73 Å². The Morgan fingerprint density at radius 1 is 1.24 bits per heavy atom. The van der Waals surface area contributed by atoms with Gasteiger partial charge in [-0.25, -0.2) is 9.50 Å². The van der Waals surface area contributed by atoms with Gasteiger partial charge in [-0.2, -0.15) is 5.10 Å². The molecule has 0 saturated heterocycles. The van der Waals surface area contributed by atoms with Gasteiger partial charge in [0.2, 0.25) is 0 Å². The number of primary amides is 1. The van der Waals surface area contributed by atoms with E-state index in [-0.39, 0.29) is 11.4 Å². The summed E-state index contributed by atoms with van der Waals surface area (Å²) in [5.41, 5.74) is 6.71. The molecule has 0 saturated carbocycles. The summed E-state index contributed by atoms with van der Waals surface area (Å²) >= 11 is 11.9. The lowest BCUT2D eigenvalue weighted by Crippen LogP contribution is -2.16. The number of amides is 1. The summed E-state index contributed by atoms with van der Waals surface area (Å²) in [5.74, 6) is -1.09. The molecule has 0 radical (unpaired) electrons. The highest BCUT2D eigenvalue weighted by Gasteiger charge is 2.19. The van der Waals surface area contributed by atoms with Crippen molar-refractivity contribution >= 4 is 34.8 Å². The van der Waals surface area contributed by atoms with E-state index in [1.165, 1.54) is 16.9 Å². The summed E-state index contributed by atoms with van der Waals surface area (Å²) in [6, 6.07) is 6.38. The second-order valence-corrected chi connectivity index (χ2v) is 5.09. The third-order valence-electron chi connectivity index (χ3n) is 2.99. The van der Waals surface area contributed by atoms with Crippen LogP contribution in [0.25, 0.3) is 16.8 Å². The average molecular weight is 323 g/mol. The second kappa shape index (κ2) is 4.91. The zero-order valence-electron chi connectivity index (χ0n) is 10.4. The van der Waals surface area contributed by atoms with Crippen LogP contribution >= 0.6 is 23.2 Å². The predicted molar refractivity (Wildman–Crippen MR) is 78.6 cm³/mol. The summed E-state index contributed by atoms with van der Waals surface area (Å²) < 4.78 is 1.19. The Morgan fingerprint density at radius 2 is 2.00 bits per heavy atom. The monoisotopic (exact) mass is 322 g/mol. The predicted octanol–water partition coefficient (Wildman–Crippen LogP) is 2.51. The smallest absolute Gasteiger partial charge is 0.271 e. The highest BCUT2D eigenvalue weighted by molar-refractivity contribution is 6.42. The van der Waals surface area contributed by atoms with Crippen molar-refractivity contribution in [1.29, 1.82) is 0 Å². The number of fused-ring (bicyclic) bond motifs is 1. The Kier molecular flexibility index (Phi) is 3.19. The summed E-state index contributed by atoms with van der Waals surface area (Å²) in [7, 11) is 0. The number of hydrogen-bond acceptors (Lipinski definition) is 4. The number of rotatable bonds is 2. The van der Waals surface area contributed by atoms with Crippen LogP contribution in [0.5, 0.6) is 5.75 Å². The van der Waals surface area contributed by atoms with E-state index < -0.39 is 5.91 Å². The maximum atomic E-state index is 11.4. The van der Waals surface area contributed by atoms with E-state index in [0.29, 0.717) is 26.8 Å². The van der Waals surface area contributed by atoms with E-state index in [4.69, 9.17) is 28.9 Å². The highest BCUT2D eigenvalue weighted by Crippen LogP contribution is 2.33. The van der Waals surface area contributed by atoms with Crippen molar-refractivity contribution in [1.82, 2.24) is 14.6 Å². The van der Waals surface area contributed by atoms with Gasteiger partial charge in [-0.1, -0.05) is 29.3 Å². The molecule has 3 N–H and O–H groups in total. The van der Waals surface area contributed by atoms with Gasteiger partial charge in [0.15, 0.2) is 11.3 Å². The van der Waals surface area contributed by atoms with E-state index in [0.717, 1.165) is 0 Å². The van der Waals surface area contributed by atoms with Gasteiger partial charge >= 0.3 is 0 Å². The minimum Gasteiger partial charge on any atom is -0.505 e. The summed E-state index contributed by atoms with van der Waals surface area (Å²) in [6.45, 7) is 0. The number of benzene rings is 1. The minimum absolute atomic E-state index is 0.133. The first-order chi connectivity index (χ1) is 9.99. The molecule has 0 unspecified atom stereocenters. The first-order valence-electron chi connectivity index (χ1n) is 5.80. The fourth-order valence-corrected chi connectivity index (χ4v) is 2.37. The van der Waals surface area contributed by atoms with Gasteiger partial charge in [-0.05, 0) is 23.8 Å². The molecule has 21 heavy (non-hydrogen) atoms. The normalized spacial score (nSPS) is 11.0. The number of hydrogen-bond donors (Lipinski definition) is 2. The molecule has 6 nitrogen and oxygen atoms in total. The van der Waals surface area contributed by atoms with Crippen LogP contribution in [0.2, 0.25) is 10.0 Å². The van der Waals surface area contributed by atoms with E-state index in [1.54, 1.807) is 18.2 Å². The zero-order valence-corrected chi connectivity index (χ0v) is 11.9. The van der Waals surface area contributed by atoms with E-state index in [9.17, 15) is 9.90 Å². The molecule has 2 heterocycles. The van der Waals surface area contributed by atoms with Gasteiger partial charge in [0.05, 0.1) is 10.0 Å². The van der Waals surface area contributed by atoms with Crippen molar-refractivity contribution in [2.75, 3.05) is 0 Å². The van der Waals surface area contributed by atoms with Gasteiger partial charge < -0.3 is 10.8 Å². The topological polar surface area (TPSA) is 93.5 Å². The molecule has 2 aromatic heterocycles. The maximum Gasteiger partial charge on any atom is 0.271 e. The Balaban J connectivity index is 2.34. The number of carbonyl (C=O) groups excluding carboxylic acids is 1. The number of pyridine rings is 1. The van der Waals surface area contributed by atoms with Crippen molar-refractivity contribution in [3.8, 4) is 16.9 Å². The lowest BCUT2D eigenvalue weighted by molar-refractivity contribution is 0.0990. The molecule has 0 aliphatic carbocycles. The fourth-order valence-electron chi connectivity index (χ4n) is 2.07. The molecule has 1 amide bonds. The lowest BCUT2D eigenvalue weighted by Gasteiger charge is -2.09. The van der Waals surface area contributed by atoms with Crippen molar-refractivity contribution in [3.05, 3.63) is 46.3 Å². The summed E-state index contributed by atoms with van der Waals surface area (Å²) in [5, 5.41) is 14.7. The molecule has 3 rings (SSSR count). The van der Waals surface area contributed by atoms with Gasteiger partial charge in [0.25, 0.3) is 5.91 Å². The van der Waals surface area contributed by atoms with E-state index >= 15 is 0 Å². The third kappa shape index (κ3) is 2.18. The van der Waals surface area contributed by atoms with E-state index in [1.807, 2.05) is 0 Å². The van der Waals surface area contributed by atoms with Gasteiger partial charge in [0.1, 0.15) is 12.1 Å². The number of halogens is 2. The molecule has 0 spiro atoms.